The second kappa shape index (κ2) is 10.2. The number of aliphatic hydroxyl groups excluding tert-OH is 1. The van der Waals surface area contributed by atoms with Gasteiger partial charge in [-0.2, -0.15) is 0 Å². The Morgan fingerprint density at radius 1 is 0.824 bits per heavy atom. The fraction of sp³-hybridized carbons (Fsp3) is 0.520. The van der Waals surface area contributed by atoms with Gasteiger partial charge in [0, 0.05) is 75.3 Å². The first-order valence-electron chi connectivity index (χ1n) is 11.8. The first-order chi connectivity index (χ1) is 16.5. The number of benzene rings is 2. The molecule has 3 N–H and O–H groups in total. The number of nitro groups is 1. The minimum absolute atomic E-state index is 0.0712. The van der Waals surface area contributed by atoms with E-state index in [1.165, 1.54) is 12.1 Å². The van der Waals surface area contributed by atoms with Gasteiger partial charge in [0.2, 0.25) is 0 Å². The normalized spacial score (nSPS) is 26.8. The molecular weight excluding hydrogens is 436 g/mol. The molecule has 34 heavy (non-hydrogen) atoms. The van der Waals surface area contributed by atoms with Crippen molar-refractivity contribution < 1.29 is 19.5 Å². The van der Waals surface area contributed by atoms with Gasteiger partial charge in [-0.25, -0.2) is 0 Å². The molecular formula is C25H34N4O5. The van der Waals surface area contributed by atoms with Gasteiger partial charge >= 0.3 is 0 Å². The van der Waals surface area contributed by atoms with Gasteiger partial charge in [0.05, 0.1) is 29.3 Å². The Hall–Kier alpha value is -2.88. The van der Waals surface area contributed by atoms with Gasteiger partial charge in [-0.05, 0) is 49.2 Å². The van der Waals surface area contributed by atoms with Gasteiger partial charge in [-0.15, -0.1) is 0 Å². The maximum absolute atomic E-state index is 10.6. The number of ether oxygens (including phenoxy) is 2. The van der Waals surface area contributed by atoms with E-state index >= 15 is 0 Å². The number of nitrogens with zero attached hydrogens (tertiary/aromatic N) is 3. The molecule has 4 heterocycles. The predicted molar refractivity (Wildman–Crippen MR) is 132 cm³/mol. The quantitative estimate of drug-likeness (QED) is 0.399. The third kappa shape index (κ3) is 5.11. The van der Waals surface area contributed by atoms with Gasteiger partial charge < -0.3 is 30.1 Å². The van der Waals surface area contributed by atoms with Crippen LogP contribution >= 0.6 is 0 Å². The van der Waals surface area contributed by atoms with Crippen LogP contribution in [-0.2, 0) is 9.47 Å². The molecule has 4 aliphatic heterocycles. The molecule has 2 spiro atoms. The molecule has 0 radical (unpaired) electrons. The first kappa shape index (κ1) is 24.3. The highest BCUT2D eigenvalue weighted by Crippen LogP contribution is 2.39. The molecule has 2 atom stereocenters. The number of nitrogen functional groups attached to an aromatic ring is 1. The summed E-state index contributed by atoms with van der Waals surface area (Å²) in [5.41, 5.74) is 9.20. The van der Waals surface area contributed by atoms with Gasteiger partial charge in [0.25, 0.3) is 5.69 Å². The molecule has 0 aliphatic carbocycles. The molecule has 4 fully saturated rings. The van der Waals surface area contributed by atoms with Crippen LogP contribution in [0.3, 0.4) is 0 Å². The van der Waals surface area contributed by atoms with E-state index in [1.807, 2.05) is 24.3 Å². The number of rotatable bonds is 3. The number of nitro benzene ring substituents is 1. The largest absolute Gasteiger partial charge is 0.400 e. The monoisotopic (exact) mass is 470 g/mol. The molecule has 4 saturated heterocycles. The Morgan fingerprint density at radius 2 is 1.24 bits per heavy atom. The fourth-order valence-corrected chi connectivity index (χ4v) is 5.03. The number of hydrogen-bond acceptors (Lipinski definition) is 8. The van der Waals surface area contributed by atoms with E-state index in [1.54, 1.807) is 12.1 Å². The van der Waals surface area contributed by atoms with Crippen LogP contribution in [0.15, 0.2) is 48.5 Å². The van der Waals surface area contributed by atoms with Crippen LogP contribution in [0, 0.1) is 10.1 Å². The van der Waals surface area contributed by atoms with Crippen LogP contribution in [0.25, 0.3) is 0 Å². The molecule has 9 nitrogen and oxygen atoms in total. The third-order valence-electron chi connectivity index (χ3n) is 7.25. The molecule has 4 aliphatic rings. The summed E-state index contributed by atoms with van der Waals surface area (Å²) >= 11 is 0. The molecule has 0 amide bonds. The lowest BCUT2D eigenvalue weighted by Crippen LogP contribution is -2.45. The SMILES string of the molecule is CO.Nc1ccc(N2CC[C@@]3(CCO3)C2)cc1.O=[N+]([O-])c1ccc(N2CC[C@@]3(CCO3)C2)cc1. The topological polar surface area (TPSA) is 114 Å². The number of nitrogens with two attached hydrogens (primary N) is 1. The highest BCUT2D eigenvalue weighted by molar-refractivity contribution is 5.54. The lowest BCUT2D eigenvalue weighted by molar-refractivity contribution is -0.384. The van der Waals surface area contributed by atoms with Crippen molar-refractivity contribution in [3.05, 3.63) is 58.6 Å². The average molecular weight is 471 g/mol. The summed E-state index contributed by atoms with van der Waals surface area (Å²) in [7, 11) is 1.00. The fourth-order valence-electron chi connectivity index (χ4n) is 5.03. The summed E-state index contributed by atoms with van der Waals surface area (Å²) in [5, 5.41) is 17.6. The Labute approximate surface area is 200 Å². The van der Waals surface area contributed by atoms with E-state index in [0.717, 1.165) is 77.1 Å². The van der Waals surface area contributed by atoms with Gasteiger partial charge in [0.1, 0.15) is 0 Å². The molecule has 0 saturated carbocycles. The molecule has 0 bridgehead atoms. The Morgan fingerprint density at radius 3 is 1.56 bits per heavy atom. The molecule has 0 aromatic heterocycles. The number of non-ortho nitro benzene ring substituents is 1. The molecule has 9 heteroatoms. The number of hydrogen-bond donors (Lipinski definition) is 2. The maximum atomic E-state index is 10.6. The van der Waals surface area contributed by atoms with E-state index in [4.69, 9.17) is 20.3 Å². The summed E-state index contributed by atoms with van der Waals surface area (Å²) in [6, 6.07) is 14.8. The zero-order valence-corrected chi connectivity index (χ0v) is 19.7. The van der Waals surface area contributed by atoms with E-state index in [2.05, 4.69) is 21.9 Å². The second-order valence-electron chi connectivity index (χ2n) is 9.27. The molecule has 184 valence electrons. The zero-order chi connectivity index (χ0) is 24.2. The van der Waals surface area contributed by atoms with Crippen molar-refractivity contribution in [1.82, 2.24) is 0 Å². The van der Waals surface area contributed by atoms with E-state index in [-0.39, 0.29) is 21.8 Å². The van der Waals surface area contributed by atoms with Crippen LogP contribution in [0.5, 0.6) is 0 Å². The van der Waals surface area contributed by atoms with E-state index in [0.29, 0.717) is 0 Å². The van der Waals surface area contributed by atoms with Crippen molar-refractivity contribution >= 4 is 22.7 Å². The molecule has 2 aromatic rings. The third-order valence-corrected chi connectivity index (χ3v) is 7.25. The summed E-state index contributed by atoms with van der Waals surface area (Å²) < 4.78 is 11.3. The van der Waals surface area contributed by atoms with Crippen molar-refractivity contribution in [3.8, 4) is 0 Å². The predicted octanol–water partition coefficient (Wildman–Crippen LogP) is 3.21. The molecule has 6 rings (SSSR count). The highest BCUT2D eigenvalue weighted by atomic mass is 16.6. The standard InChI is InChI=1S/C12H14N2O3.C12H16N2O.CH4O/c15-14(16)11-3-1-10(2-4-11)13-7-5-12(9-13)6-8-17-12;13-10-1-3-11(4-2-10)14-7-5-12(9-14)6-8-15-12;1-2/h1-4H,5-9H2;1-4H,5-9,13H2;2H,1H3/t2*12-;/m11./s1. The maximum Gasteiger partial charge on any atom is 0.269 e. The Kier molecular flexibility index (Phi) is 7.25. The highest BCUT2D eigenvalue weighted by Gasteiger charge is 2.45. The van der Waals surface area contributed by atoms with Crippen LogP contribution < -0.4 is 15.5 Å². The van der Waals surface area contributed by atoms with Crippen LogP contribution in [0.4, 0.5) is 22.7 Å². The van der Waals surface area contributed by atoms with Crippen molar-refractivity contribution in [2.24, 2.45) is 0 Å². The van der Waals surface area contributed by atoms with Crippen LogP contribution in [-0.4, -0.2) is 67.7 Å². The minimum atomic E-state index is -0.371. The van der Waals surface area contributed by atoms with E-state index in [9.17, 15) is 10.1 Å². The summed E-state index contributed by atoms with van der Waals surface area (Å²) in [4.78, 5) is 14.8. The van der Waals surface area contributed by atoms with E-state index < -0.39 is 0 Å². The average Bonchev–Trinajstić information content (AvgIpc) is 3.47. The van der Waals surface area contributed by atoms with Crippen molar-refractivity contribution in [2.45, 2.75) is 36.9 Å². The zero-order valence-electron chi connectivity index (χ0n) is 19.7. The van der Waals surface area contributed by atoms with Crippen molar-refractivity contribution in [3.63, 3.8) is 0 Å². The summed E-state index contributed by atoms with van der Waals surface area (Å²) in [6.45, 7) is 5.83. The van der Waals surface area contributed by atoms with Crippen LogP contribution in [0.1, 0.15) is 25.7 Å². The van der Waals surface area contributed by atoms with Crippen molar-refractivity contribution in [1.29, 1.82) is 0 Å². The minimum Gasteiger partial charge on any atom is -0.400 e. The summed E-state index contributed by atoms with van der Waals surface area (Å²) in [6.07, 6.45) is 4.58. The Bertz CT molecular complexity index is 958. The summed E-state index contributed by atoms with van der Waals surface area (Å²) in [5.74, 6) is 0. The van der Waals surface area contributed by atoms with Gasteiger partial charge in [0.15, 0.2) is 0 Å². The van der Waals surface area contributed by atoms with Gasteiger partial charge in [-0.3, -0.25) is 10.1 Å². The lowest BCUT2D eigenvalue weighted by atomic mass is 9.94. The number of anilines is 3. The van der Waals surface area contributed by atoms with Crippen LogP contribution in [0.2, 0.25) is 0 Å². The molecule has 2 aromatic carbocycles. The first-order valence-corrected chi connectivity index (χ1v) is 11.8. The van der Waals surface area contributed by atoms with Crippen molar-refractivity contribution in [2.75, 3.05) is 62.0 Å². The Balaban J connectivity index is 0.000000151. The second-order valence-corrected chi connectivity index (χ2v) is 9.27. The van der Waals surface area contributed by atoms with Gasteiger partial charge in [-0.1, -0.05) is 0 Å². The molecule has 0 unspecified atom stereocenters. The smallest absolute Gasteiger partial charge is 0.269 e. The number of aliphatic hydroxyl groups is 1. The lowest BCUT2D eigenvalue weighted by Gasteiger charge is -2.38.